The number of benzene rings is 1. The van der Waals surface area contributed by atoms with E-state index >= 15 is 0 Å². The molecule has 0 fully saturated rings. The van der Waals surface area contributed by atoms with E-state index in [4.69, 9.17) is 0 Å². The lowest BCUT2D eigenvalue weighted by atomic mass is 10.1. The molecule has 0 saturated carbocycles. The second-order valence-corrected chi connectivity index (χ2v) is 4.80. The SMILES string of the molecule is CCc1cccc(=O)n1-c1cccc(-c2ncnn2C)c1. The molecule has 0 N–H and O–H groups in total. The van der Waals surface area contributed by atoms with Gasteiger partial charge in [0.15, 0.2) is 5.82 Å². The summed E-state index contributed by atoms with van der Waals surface area (Å²) in [6.45, 7) is 2.04. The Morgan fingerprint density at radius 2 is 1.95 bits per heavy atom. The van der Waals surface area contributed by atoms with Gasteiger partial charge in [-0.05, 0) is 24.6 Å². The number of hydrogen-bond acceptors (Lipinski definition) is 3. The predicted octanol–water partition coefficient (Wildman–Crippen LogP) is 2.20. The fourth-order valence-electron chi connectivity index (χ4n) is 2.44. The number of aromatic nitrogens is 4. The van der Waals surface area contributed by atoms with E-state index in [0.29, 0.717) is 0 Å². The third-order valence-electron chi connectivity index (χ3n) is 3.47. The molecule has 21 heavy (non-hydrogen) atoms. The number of rotatable bonds is 3. The third kappa shape index (κ3) is 2.38. The molecular weight excluding hydrogens is 264 g/mol. The summed E-state index contributed by atoms with van der Waals surface area (Å²) in [5.41, 5.74) is 2.74. The zero-order valence-electron chi connectivity index (χ0n) is 12.0. The van der Waals surface area contributed by atoms with E-state index in [0.717, 1.165) is 29.2 Å². The monoisotopic (exact) mass is 280 g/mol. The highest BCUT2D eigenvalue weighted by Crippen LogP contribution is 2.19. The van der Waals surface area contributed by atoms with Gasteiger partial charge in [-0.25, -0.2) is 9.67 Å². The molecular formula is C16H16N4O. The predicted molar refractivity (Wildman–Crippen MR) is 81.4 cm³/mol. The van der Waals surface area contributed by atoms with Crippen LogP contribution in [-0.4, -0.2) is 19.3 Å². The molecule has 0 spiro atoms. The van der Waals surface area contributed by atoms with Crippen molar-refractivity contribution in [3.8, 4) is 17.1 Å². The van der Waals surface area contributed by atoms with E-state index in [1.54, 1.807) is 21.4 Å². The maximum absolute atomic E-state index is 12.2. The van der Waals surface area contributed by atoms with Crippen molar-refractivity contribution in [3.05, 3.63) is 64.8 Å². The summed E-state index contributed by atoms with van der Waals surface area (Å²) in [6.07, 6.45) is 2.32. The van der Waals surface area contributed by atoms with Gasteiger partial charge in [0.1, 0.15) is 6.33 Å². The molecule has 0 unspecified atom stereocenters. The van der Waals surface area contributed by atoms with Gasteiger partial charge in [-0.3, -0.25) is 9.36 Å². The molecule has 106 valence electrons. The lowest BCUT2D eigenvalue weighted by Gasteiger charge is -2.12. The molecule has 0 aliphatic carbocycles. The number of hydrogen-bond donors (Lipinski definition) is 0. The van der Waals surface area contributed by atoms with Crippen molar-refractivity contribution in [2.24, 2.45) is 7.05 Å². The summed E-state index contributed by atoms with van der Waals surface area (Å²) < 4.78 is 3.45. The zero-order chi connectivity index (χ0) is 14.8. The zero-order valence-corrected chi connectivity index (χ0v) is 12.0. The molecule has 0 bridgehead atoms. The normalized spacial score (nSPS) is 10.8. The third-order valence-corrected chi connectivity index (χ3v) is 3.47. The van der Waals surface area contributed by atoms with Gasteiger partial charge in [-0.1, -0.05) is 25.1 Å². The van der Waals surface area contributed by atoms with E-state index in [2.05, 4.69) is 10.1 Å². The molecule has 0 atom stereocenters. The van der Waals surface area contributed by atoms with Crippen LogP contribution in [0.15, 0.2) is 53.6 Å². The van der Waals surface area contributed by atoms with Gasteiger partial charge >= 0.3 is 0 Å². The number of pyridine rings is 1. The summed E-state index contributed by atoms with van der Waals surface area (Å²) in [5, 5.41) is 4.08. The lowest BCUT2D eigenvalue weighted by molar-refractivity contribution is 0.774. The summed E-state index contributed by atoms with van der Waals surface area (Å²) >= 11 is 0. The molecule has 2 heterocycles. The minimum Gasteiger partial charge on any atom is -0.281 e. The highest BCUT2D eigenvalue weighted by atomic mass is 16.1. The minimum atomic E-state index is -0.0236. The van der Waals surface area contributed by atoms with Crippen LogP contribution in [0.3, 0.4) is 0 Å². The molecule has 1 aromatic carbocycles. The van der Waals surface area contributed by atoms with Crippen molar-refractivity contribution < 1.29 is 0 Å². The minimum absolute atomic E-state index is 0.0236. The van der Waals surface area contributed by atoms with Gasteiger partial charge in [0, 0.05) is 30.1 Å². The first-order valence-electron chi connectivity index (χ1n) is 6.86. The van der Waals surface area contributed by atoms with Crippen molar-refractivity contribution in [3.63, 3.8) is 0 Å². The van der Waals surface area contributed by atoms with Crippen LogP contribution < -0.4 is 5.56 Å². The van der Waals surface area contributed by atoms with E-state index in [1.807, 2.05) is 44.3 Å². The maximum Gasteiger partial charge on any atom is 0.255 e. The average Bonchev–Trinajstić information content (AvgIpc) is 2.93. The van der Waals surface area contributed by atoms with Gasteiger partial charge in [0.2, 0.25) is 0 Å². The second-order valence-electron chi connectivity index (χ2n) is 4.80. The van der Waals surface area contributed by atoms with Crippen LogP contribution in [-0.2, 0) is 13.5 Å². The fourth-order valence-corrected chi connectivity index (χ4v) is 2.44. The Morgan fingerprint density at radius 3 is 2.67 bits per heavy atom. The van der Waals surface area contributed by atoms with Gasteiger partial charge < -0.3 is 0 Å². The van der Waals surface area contributed by atoms with Gasteiger partial charge in [-0.15, -0.1) is 0 Å². The average molecular weight is 280 g/mol. The smallest absolute Gasteiger partial charge is 0.255 e. The van der Waals surface area contributed by atoms with Crippen molar-refractivity contribution in [1.82, 2.24) is 19.3 Å². The van der Waals surface area contributed by atoms with Gasteiger partial charge in [0.25, 0.3) is 5.56 Å². The number of nitrogens with zero attached hydrogens (tertiary/aromatic N) is 4. The first-order valence-corrected chi connectivity index (χ1v) is 6.86. The van der Waals surface area contributed by atoms with Crippen molar-refractivity contribution in [2.75, 3.05) is 0 Å². The molecule has 0 amide bonds. The van der Waals surface area contributed by atoms with Crippen LogP contribution in [0.5, 0.6) is 0 Å². The highest BCUT2D eigenvalue weighted by Gasteiger charge is 2.08. The van der Waals surface area contributed by atoms with Crippen LogP contribution in [0.25, 0.3) is 17.1 Å². The Hall–Kier alpha value is -2.69. The number of aryl methyl sites for hydroxylation is 2. The van der Waals surface area contributed by atoms with E-state index < -0.39 is 0 Å². The van der Waals surface area contributed by atoms with E-state index in [1.165, 1.54) is 6.33 Å². The molecule has 2 aromatic heterocycles. The van der Waals surface area contributed by atoms with Crippen LogP contribution in [0.2, 0.25) is 0 Å². The van der Waals surface area contributed by atoms with Crippen LogP contribution in [0.1, 0.15) is 12.6 Å². The molecule has 0 radical (unpaired) electrons. The van der Waals surface area contributed by atoms with Crippen LogP contribution in [0.4, 0.5) is 0 Å². The quantitative estimate of drug-likeness (QED) is 0.739. The van der Waals surface area contributed by atoms with Crippen LogP contribution >= 0.6 is 0 Å². The summed E-state index contributed by atoms with van der Waals surface area (Å²) in [4.78, 5) is 16.4. The van der Waals surface area contributed by atoms with Crippen molar-refractivity contribution in [2.45, 2.75) is 13.3 Å². The first kappa shape index (κ1) is 13.3. The maximum atomic E-state index is 12.2. The molecule has 0 saturated heterocycles. The molecule has 3 rings (SSSR count). The largest absolute Gasteiger partial charge is 0.281 e. The van der Waals surface area contributed by atoms with Crippen LogP contribution in [0, 0.1) is 0 Å². The van der Waals surface area contributed by atoms with Gasteiger partial charge in [-0.2, -0.15) is 5.10 Å². The first-order chi connectivity index (χ1) is 10.2. The Bertz CT molecular complexity index is 832. The molecule has 0 aliphatic rings. The lowest BCUT2D eigenvalue weighted by Crippen LogP contribution is -2.20. The Kier molecular flexibility index (Phi) is 3.39. The standard InChI is InChI=1S/C16H16N4O/c1-3-13-7-5-9-15(21)20(13)14-8-4-6-12(10-14)16-17-11-18-19(16)2/h4-11H,3H2,1-2H3. The van der Waals surface area contributed by atoms with E-state index in [-0.39, 0.29) is 5.56 Å². The molecule has 0 aliphatic heterocycles. The van der Waals surface area contributed by atoms with Gasteiger partial charge in [0.05, 0.1) is 0 Å². The fraction of sp³-hybridized carbons (Fsp3) is 0.188. The summed E-state index contributed by atoms with van der Waals surface area (Å²) in [7, 11) is 1.85. The Balaban J connectivity index is 2.18. The molecule has 3 aromatic rings. The molecule has 5 nitrogen and oxygen atoms in total. The summed E-state index contributed by atoms with van der Waals surface area (Å²) in [6, 6.07) is 13.1. The molecule has 5 heteroatoms. The second kappa shape index (κ2) is 5.36. The Labute approximate surface area is 122 Å². The Morgan fingerprint density at radius 1 is 1.14 bits per heavy atom. The summed E-state index contributed by atoms with van der Waals surface area (Å²) in [5.74, 6) is 0.777. The highest BCUT2D eigenvalue weighted by molar-refractivity contribution is 5.59. The van der Waals surface area contributed by atoms with Crippen molar-refractivity contribution in [1.29, 1.82) is 0 Å². The van der Waals surface area contributed by atoms with E-state index in [9.17, 15) is 4.79 Å². The topological polar surface area (TPSA) is 52.7 Å². The van der Waals surface area contributed by atoms with Crippen molar-refractivity contribution >= 4 is 0 Å².